The monoisotopic (exact) mass is 297 g/mol. The van der Waals surface area contributed by atoms with Gasteiger partial charge in [0.1, 0.15) is 0 Å². The smallest absolute Gasteiger partial charge is 0.160 e. The van der Waals surface area contributed by atoms with Gasteiger partial charge in [0.05, 0.1) is 11.0 Å². The topological polar surface area (TPSA) is 30.0 Å². The number of carbonyl (C=O) groups excluding carboxylic acids is 1. The molecule has 23 heavy (non-hydrogen) atoms. The fourth-order valence-corrected chi connectivity index (χ4v) is 3.14. The predicted octanol–water partition coefficient (Wildman–Crippen LogP) is 5.26. The first-order valence-electron chi connectivity index (χ1n) is 7.63. The molecule has 0 aliphatic carbocycles. The van der Waals surface area contributed by atoms with Gasteiger partial charge in [0, 0.05) is 21.9 Å². The standard InChI is InChI=1S/C21H15NO/c1-14(23)15-8-2-3-9-16(15)21-17-10-4-6-12-19(17)22-20-13-7-5-11-18(20)21/h2-13H,1H3. The lowest BCUT2D eigenvalue weighted by Crippen LogP contribution is -1.97. The minimum atomic E-state index is 0.0746. The number of rotatable bonds is 2. The van der Waals surface area contributed by atoms with Crippen molar-refractivity contribution < 1.29 is 4.79 Å². The molecule has 0 spiro atoms. The van der Waals surface area contributed by atoms with Gasteiger partial charge in [-0.3, -0.25) is 4.79 Å². The number of benzene rings is 3. The molecule has 0 aliphatic rings. The summed E-state index contributed by atoms with van der Waals surface area (Å²) >= 11 is 0. The first kappa shape index (κ1) is 13.6. The van der Waals surface area contributed by atoms with Crippen LogP contribution in [0.3, 0.4) is 0 Å². The van der Waals surface area contributed by atoms with Crippen molar-refractivity contribution in [1.29, 1.82) is 0 Å². The van der Waals surface area contributed by atoms with Crippen LogP contribution in [-0.4, -0.2) is 10.8 Å². The minimum Gasteiger partial charge on any atom is -0.294 e. The molecule has 0 saturated heterocycles. The summed E-state index contributed by atoms with van der Waals surface area (Å²) in [7, 11) is 0. The van der Waals surface area contributed by atoms with Gasteiger partial charge in [-0.2, -0.15) is 0 Å². The Labute approximate surface area is 134 Å². The molecular weight excluding hydrogens is 282 g/mol. The molecule has 3 aromatic carbocycles. The average molecular weight is 297 g/mol. The zero-order valence-corrected chi connectivity index (χ0v) is 12.8. The Kier molecular flexibility index (Phi) is 3.16. The van der Waals surface area contributed by atoms with E-state index in [0.717, 1.165) is 38.5 Å². The van der Waals surface area contributed by atoms with Crippen molar-refractivity contribution >= 4 is 27.6 Å². The van der Waals surface area contributed by atoms with Crippen molar-refractivity contribution in [3.63, 3.8) is 0 Å². The Hall–Kier alpha value is -3.00. The van der Waals surface area contributed by atoms with E-state index in [1.54, 1.807) is 6.92 Å². The third-order valence-corrected chi connectivity index (χ3v) is 4.16. The molecule has 0 atom stereocenters. The molecule has 0 saturated carbocycles. The number of Topliss-reactive ketones (excluding diaryl/α,β-unsaturated/α-hetero) is 1. The van der Waals surface area contributed by atoms with E-state index in [0.29, 0.717) is 0 Å². The maximum absolute atomic E-state index is 12.1. The van der Waals surface area contributed by atoms with Gasteiger partial charge in [-0.05, 0) is 24.6 Å². The highest BCUT2D eigenvalue weighted by Gasteiger charge is 2.15. The highest BCUT2D eigenvalue weighted by atomic mass is 16.1. The van der Waals surface area contributed by atoms with E-state index >= 15 is 0 Å². The van der Waals surface area contributed by atoms with Gasteiger partial charge in [0.2, 0.25) is 0 Å². The van der Waals surface area contributed by atoms with Crippen molar-refractivity contribution in [2.75, 3.05) is 0 Å². The normalized spacial score (nSPS) is 11.0. The molecule has 0 aliphatic heterocycles. The number of hydrogen-bond acceptors (Lipinski definition) is 2. The van der Waals surface area contributed by atoms with Crippen LogP contribution in [0.1, 0.15) is 17.3 Å². The van der Waals surface area contributed by atoms with Crippen molar-refractivity contribution in [2.24, 2.45) is 0 Å². The SMILES string of the molecule is CC(=O)c1ccccc1-c1c2ccccc2nc2ccccc12. The van der Waals surface area contributed by atoms with Crippen LogP contribution >= 0.6 is 0 Å². The molecule has 0 bridgehead atoms. The summed E-state index contributed by atoms with van der Waals surface area (Å²) < 4.78 is 0. The maximum Gasteiger partial charge on any atom is 0.160 e. The van der Waals surface area contributed by atoms with E-state index in [2.05, 4.69) is 12.1 Å². The quantitative estimate of drug-likeness (QED) is 0.373. The van der Waals surface area contributed by atoms with Gasteiger partial charge in [0.15, 0.2) is 5.78 Å². The highest BCUT2D eigenvalue weighted by Crippen LogP contribution is 2.36. The molecule has 4 aromatic rings. The predicted molar refractivity (Wildman–Crippen MR) is 94.7 cm³/mol. The number of pyridine rings is 1. The Morgan fingerprint density at radius 1 is 0.739 bits per heavy atom. The summed E-state index contributed by atoms with van der Waals surface area (Å²) in [4.78, 5) is 16.8. The van der Waals surface area contributed by atoms with Crippen molar-refractivity contribution in [3.05, 3.63) is 78.4 Å². The largest absolute Gasteiger partial charge is 0.294 e. The van der Waals surface area contributed by atoms with Crippen LogP contribution in [0.5, 0.6) is 0 Å². The molecule has 110 valence electrons. The lowest BCUT2D eigenvalue weighted by Gasteiger charge is -2.13. The fourth-order valence-electron chi connectivity index (χ4n) is 3.14. The minimum absolute atomic E-state index is 0.0746. The van der Waals surface area contributed by atoms with Crippen LogP contribution in [0.2, 0.25) is 0 Å². The second kappa shape index (κ2) is 5.33. The van der Waals surface area contributed by atoms with Gasteiger partial charge < -0.3 is 0 Å². The first-order chi connectivity index (χ1) is 11.3. The summed E-state index contributed by atoms with van der Waals surface area (Å²) in [5.41, 5.74) is 4.68. The summed E-state index contributed by atoms with van der Waals surface area (Å²) in [6.45, 7) is 1.62. The van der Waals surface area contributed by atoms with Crippen LogP contribution < -0.4 is 0 Å². The number of aromatic nitrogens is 1. The van der Waals surface area contributed by atoms with Crippen molar-refractivity contribution in [2.45, 2.75) is 6.92 Å². The third-order valence-electron chi connectivity index (χ3n) is 4.16. The van der Waals surface area contributed by atoms with E-state index in [4.69, 9.17) is 4.98 Å². The third kappa shape index (κ3) is 2.20. The van der Waals surface area contributed by atoms with Crippen LogP contribution in [0.15, 0.2) is 72.8 Å². The van der Waals surface area contributed by atoms with Gasteiger partial charge in [-0.25, -0.2) is 4.98 Å². The van der Waals surface area contributed by atoms with E-state index < -0.39 is 0 Å². The molecule has 0 fully saturated rings. The number of ketones is 1. The number of fused-ring (bicyclic) bond motifs is 2. The number of carbonyl (C=O) groups is 1. The summed E-state index contributed by atoms with van der Waals surface area (Å²) in [6.07, 6.45) is 0. The fraction of sp³-hybridized carbons (Fsp3) is 0.0476. The van der Waals surface area contributed by atoms with Crippen molar-refractivity contribution in [1.82, 2.24) is 4.98 Å². The Balaban J connectivity index is 2.23. The Morgan fingerprint density at radius 2 is 1.26 bits per heavy atom. The summed E-state index contributed by atoms with van der Waals surface area (Å²) in [5, 5.41) is 2.14. The number of hydrogen-bond donors (Lipinski definition) is 0. The van der Waals surface area contributed by atoms with E-state index in [9.17, 15) is 4.79 Å². The van der Waals surface area contributed by atoms with Gasteiger partial charge in [-0.15, -0.1) is 0 Å². The van der Waals surface area contributed by atoms with Crippen LogP contribution in [0, 0.1) is 0 Å². The van der Waals surface area contributed by atoms with Crippen molar-refractivity contribution in [3.8, 4) is 11.1 Å². The van der Waals surface area contributed by atoms with E-state index in [1.807, 2.05) is 60.7 Å². The second-order valence-corrected chi connectivity index (χ2v) is 5.62. The first-order valence-corrected chi connectivity index (χ1v) is 7.63. The van der Waals surface area contributed by atoms with Crippen LogP contribution in [-0.2, 0) is 0 Å². The van der Waals surface area contributed by atoms with Crippen LogP contribution in [0.4, 0.5) is 0 Å². The lowest BCUT2D eigenvalue weighted by molar-refractivity contribution is 0.101. The summed E-state index contributed by atoms with van der Waals surface area (Å²) in [6, 6.07) is 24.0. The second-order valence-electron chi connectivity index (χ2n) is 5.62. The molecule has 1 aromatic heterocycles. The van der Waals surface area contributed by atoms with Gasteiger partial charge in [0.25, 0.3) is 0 Å². The zero-order valence-electron chi connectivity index (χ0n) is 12.8. The molecule has 1 heterocycles. The van der Waals surface area contributed by atoms with Gasteiger partial charge >= 0.3 is 0 Å². The average Bonchev–Trinajstić information content (AvgIpc) is 2.59. The molecule has 0 radical (unpaired) electrons. The molecule has 2 heteroatoms. The van der Waals surface area contributed by atoms with E-state index in [-0.39, 0.29) is 5.78 Å². The summed E-state index contributed by atoms with van der Waals surface area (Å²) in [5.74, 6) is 0.0746. The highest BCUT2D eigenvalue weighted by molar-refractivity contribution is 6.13. The molecule has 0 amide bonds. The zero-order chi connectivity index (χ0) is 15.8. The Bertz CT molecular complexity index is 996. The molecule has 2 nitrogen and oxygen atoms in total. The van der Waals surface area contributed by atoms with Crippen LogP contribution in [0.25, 0.3) is 32.9 Å². The molecule has 4 rings (SSSR count). The molecule has 0 unspecified atom stereocenters. The molecular formula is C21H15NO. The lowest BCUT2D eigenvalue weighted by atomic mass is 9.91. The number of nitrogens with zero attached hydrogens (tertiary/aromatic N) is 1. The van der Waals surface area contributed by atoms with E-state index in [1.165, 1.54) is 0 Å². The van der Waals surface area contributed by atoms with Gasteiger partial charge in [-0.1, -0.05) is 60.7 Å². The molecule has 0 N–H and O–H groups in total. The maximum atomic E-state index is 12.1. The Morgan fingerprint density at radius 3 is 1.87 bits per heavy atom. The number of para-hydroxylation sites is 2.